The number of carboxylic acid groups (broad SMARTS) is 1. The Balaban J connectivity index is 2.20. The molecule has 2 aromatic rings. The Morgan fingerprint density at radius 3 is 2.15 bits per heavy atom. The summed E-state index contributed by atoms with van der Waals surface area (Å²) in [5, 5.41) is 9.54. The van der Waals surface area contributed by atoms with E-state index in [9.17, 15) is 14.7 Å². The van der Waals surface area contributed by atoms with Crippen molar-refractivity contribution in [3.05, 3.63) is 66.2 Å². The van der Waals surface area contributed by atoms with Crippen molar-refractivity contribution in [2.45, 2.75) is 25.3 Å². The molecule has 0 bridgehead atoms. The van der Waals surface area contributed by atoms with Crippen molar-refractivity contribution in [1.82, 2.24) is 0 Å². The fourth-order valence-corrected chi connectivity index (χ4v) is 3.59. The Hall–Kier alpha value is -2.40. The molecule has 4 nitrogen and oxygen atoms in total. The van der Waals surface area contributed by atoms with Gasteiger partial charge in [0.1, 0.15) is 5.78 Å². The zero-order chi connectivity index (χ0) is 18.9. The lowest BCUT2D eigenvalue weighted by Crippen LogP contribution is -2.35. The summed E-state index contributed by atoms with van der Waals surface area (Å²) in [5.41, 5.74) is 1.43. The number of carboxylic acids is 1. The van der Waals surface area contributed by atoms with E-state index < -0.39 is 11.9 Å². The number of carbonyl (C=O) groups is 2. The lowest BCUT2D eigenvalue weighted by molar-refractivity contribution is -0.142. The topological polar surface area (TPSA) is 66.7 Å². The van der Waals surface area contributed by atoms with E-state index >= 15 is 0 Å². The Labute approximate surface area is 158 Å². The SMILES string of the molecule is CC(=O)C(C(=O)O)C(=NCc1ccccc1)C(C)CSc1ccccc1. The first-order chi connectivity index (χ1) is 12.5. The van der Waals surface area contributed by atoms with Gasteiger partial charge in [0.25, 0.3) is 0 Å². The van der Waals surface area contributed by atoms with Crippen molar-refractivity contribution in [2.24, 2.45) is 16.8 Å². The van der Waals surface area contributed by atoms with Crippen LogP contribution in [-0.2, 0) is 16.1 Å². The molecule has 0 aromatic heterocycles. The highest BCUT2D eigenvalue weighted by molar-refractivity contribution is 7.99. The highest BCUT2D eigenvalue weighted by Crippen LogP contribution is 2.23. The van der Waals surface area contributed by atoms with Crippen LogP contribution in [0.1, 0.15) is 19.4 Å². The third-order valence-electron chi connectivity index (χ3n) is 3.98. The first kappa shape index (κ1) is 19.9. The number of Topliss-reactive ketones (excluding diaryl/α,β-unsaturated/α-hetero) is 1. The zero-order valence-corrected chi connectivity index (χ0v) is 15.8. The molecule has 1 N–H and O–H groups in total. The first-order valence-corrected chi connectivity index (χ1v) is 9.47. The van der Waals surface area contributed by atoms with Gasteiger partial charge in [0.05, 0.1) is 6.54 Å². The van der Waals surface area contributed by atoms with Crippen molar-refractivity contribution < 1.29 is 14.7 Å². The smallest absolute Gasteiger partial charge is 0.319 e. The molecule has 136 valence electrons. The van der Waals surface area contributed by atoms with E-state index in [1.54, 1.807) is 11.8 Å². The molecule has 2 aromatic carbocycles. The molecule has 2 unspecified atom stereocenters. The van der Waals surface area contributed by atoms with E-state index in [1.165, 1.54) is 6.92 Å². The molecule has 0 heterocycles. The third kappa shape index (κ3) is 5.85. The molecule has 0 saturated carbocycles. The number of thioether (sulfide) groups is 1. The largest absolute Gasteiger partial charge is 0.480 e. The van der Waals surface area contributed by atoms with Crippen LogP contribution in [0.15, 0.2) is 70.6 Å². The van der Waals surface area contributed by atoms with E-state index in [1.807, 2.05) is 67.6 Å². The summed E-state index contributed by atoms with van der Waals surface area (Å²) in [5.74, 6) is -2.19. The number of hydrogen-bond acceptors (Lipinski definition) is 4. The lowest BCUT2D eigenvalue weighted by Gasteiger charge is -2.19. The first-order valence-electron chi connectivity index (χ1n) is 8.48. The molecule has 0 aliphatic heterocycles. The second-order valence-corrected chi connectivity index (χ2v) is 7.23. The van der Waals surface area contributed by atoms with Gasteiger partial charge in [0, 0.05) is 22.3 Å². The minimum atomic E-state index is -1.19. The molecule has 2 rings (SSSR count). The maximum atomic E-state index is 11.9. The number of ketones is 1. The minimum absolute atomic E-state index is 0.131. The summed E-state index contributed by atoms with van der Waals surface area (Å²) in [6.07, 6.45) is 0. The third-order valence-corrected chi connectivity index (χ3v) is 5.26. The van der Waals surface area contributed by atoms with Crippen molar-refractivity contribution in [3.8, 4) is 0 Å². The number of benzene rings is 2. The molecule has 0 radical (unpaired) electrons. The zero-order valence-electron chi connectivity index (χ0n) is 15.0. The summed E-state index contributed by atoms with van der Waals surface area (Å²) >= 11 is 1.63. The van der Waals surface area contributed by atoms with Crippen molar-refractivity contribution in [2.75, 3.05) is 5.75 Å². The van der Waals surface area contributed by atoms with E-state index in [-0.39, 0.29) is 11.7 Å². The van der Waals surface area contributed by atoms with Gasteiger partial charge in [-0.3, -0.25) is 14.6 Å². The van der Waals surface area contributed by atoms with Crippen LogP contribution in [0, 0.1) is 11.8 Å². The lowest BCUT2D eigenvalue weighted by atomic mass is 9.91. The van der Waals surface area contributed by atoms with Crippen LogP contribution in [0.3, 0.4) is 0 Å². The summed E-state index contributed by atoms with van der Waals surface area (Å²) in [6, 6.07) is 19.5. The molecule has 26 heavy (non-hydrogen) atoms. The van der Waals surface area contributed by atoms with Crippen LogP contribution < -0.4 is 0 Å². The summed E-state index contributed by atoms with van der Waals surface area (Å²) in [7, 11) is 0. The van der Waals surface area contributed by atoms with E-state index in [0.29, 0.717) is 18.0 Å². The standard InChI is InChI=1S/C21H23NO3S/c1-15(14-26-18-11-7-4-8-12-18)20(19(16(2)23)21(24)25)22-13-17-9-5-3-6-10-17/h3-12,15,19H,13-14H2,1-2H3,(H,24,25). The van der Waals surface area contributed by atoms with Gasteiger partial charge in [-0.05, 0) is 24.6 Å². The maximum Gasteiger partial charge on any atom is 0.319 e. The van der Waals surface area contributed by atoms with E-state index in [0.717, 1.165) is 10.5 Å². The quantitative estimate of drug-likeness (QED) is 0.405. The maximum absolute atomic E-state index is 11.9. The predicted molar refractivity (Wildman–Crippen MR) is 106 cm³/mol. The molecule has 0 fully saturated rings. The normalized spacial score (nSPS) is 13.8. The van der Waals surface area contributed by atoms with Gasteiger partial charge in [-0.15, -0.1) is 11.8 Å². The highest BCUT2D eigenvalue weighted by atomic mass is 32.2. The van der Waals surface area contributed by atoms with E-state index in [2.05, 4.69) is 4.99 Å². The average Bonchev–Trinajstić information content (AvgIpc) is 2.64. The van der Waals surface area contributed by atoms with Crippen LogP contribution >= 0.6 is 11.8 Å². The molecule has 0 saturated heterocycles. The second kappa shape index (κ2) is 9.92. The Morgan fingerprint density at radius 1 is 1.04 bits per heavy atom. The Kier molecular flexibility index (Phi) is 7.60. The molecule has 0 aliphatic rings. The fraction of sp³-hybridized carbons (Fsp3) is 0.286. The minimum Gasteiger partial charge on any atom is -0.480 e. The molecule has 0 aliphatic carbocycles. The average molecular weight is 369 g/mol. The van der Waals surface area contributed by atoms with Crippen molar-refractivity contribution >= 4 is 29.2 Å². The number of nitrogens with zero attached hydrogens (tertiary/aromatic N) is 1. The van der Waals surface area contributed by atoms with Crippen LogP contribution in [0.5, 0.6) is 0 Å². The van der Waals surface area contributed by atoms with Gasteiger partial charge in [-0.25, -0.2) is 0 Å². The van der Waals surface area contributed by atoms with Gasteiger partial charge in [0.15, 0.2) is 5.92 Å². The van der Waals surface area contributed by atoms with Gasteiger partial charge >= 0.3 is 5.97 Å². The van der Waals surface area contributed by atoms with E-state index in [4.69, 9.17) is 0 Å². The Bertz CT molecular complexity index is 745. The predicted octanol–water partition coefficient (Wildman–Crippen LogP) is 4.35. The van der Waals surface area contributed by atoms with Crippen molar-refractivity contribution in [1.29, 1.82) is 0 Å². The number of carbonyl (C=O) groups excluding carboxylic acids is 1. The van der Waals surface area contributed by atoms with Gasteiger partial charge < -0.3 is 5.11 Å². The van der Waals surface area contributed by atoms with Gasteiger partial charge in [-0.1, -0.05) is 55.5 Å². The number of hydrogen-bond donors (Lipinski definition) is 1. The Morgan fingerprint density at radius 2 is 1.62 bits per heavy atom. The molecule has 0 amide bonds. The van der Waals surface area contributed by atoms with Crippen LogP contribution in [0.25, 0.3) is 0 Å². The number of aliphatic carboxylic acids is 1. The molecule has 5 heteroatoms. The monoisotopic (exact) mass is 369 g/mol. The molecule has 2 atom stereocenters. The molecular formula is C21H23NO3S. The molecular weight excluding hydrogens is 346 g/mol. The number of aliphatic imine (C=N–C) groups is 1. The second-order valence-electron chi connectivity index (χ2n) is 6.13. The fourth-order valence-electron chi connectivity index (χ4n) is 2.63. The van der Waals surface area contributed by atoms with Gasteiger partial charge in [0.2, 0.25) is 0 Å². The van der Waals surface area contributed by atoms with Crippen LogP contribution in [0.2, 0.25) is 0 Å². The summed E-state index contributed by atoms with van der Waals surface area (Å²) in [6.45, 7) is 3.61. The summed E-state index contributed by atoms with van der Waals surface area (Å²) in [4.78, 5) is 29.3. The van der Waals surface area contributed by atoms with Crippen molar-refractivity contribution in [3.63, 3.8) is 0 Å². The molecule has 0 spiro atoms. The van der Waals surface area contributed by atoms with Crippen LogP contribution in [0.4, 0.5) is 0 Å². The van der Waals surface area contributed by atoms with Crippen LogP contribution in [-0.4, -0.2) is 28.3 Å². The highest BCUT2D eigenvalue weighted by Gasteiger charge is 2.31. The van der Waals surface area contributed by atoms with Gasteiger partial charge in [-0.2, -0.15) is 0 Å². The number of rotatable bonds is 9. The summed E-state index contributed by atoms with van der Waals surface area (Å²) < 4.78 is 0.